The summed E-state index contributed by atoms with van der Waals surface area (Å²) in [6, 6.07) is 2.87. The number of rotatable bonds is 11. The van der Waals surface area contributed by atoms with Crippen molar-refractivity contribution in [1.29, 1.82) is 0 Å². The molecular formula is C23H25N6O7S3+. The molecule has 0 radical (unpaired) electrons. The normalized spacial score (nSPS) is 19.7. The van der Waals surface area contributed by atoms with Crippen LogP contribution in [0.1, 0.15) is 19.5 Å². The van der Waals surface area contributed by atoms with Gasteiger partial charge >= 0.3 is 11.9 Å². The minimum absolute atomic E-state index is 0.0447. The minimum atomic E-state index is -1.35. The molecule has 2 aliphatic heterocycles. The molecule has 0 spiro atoms. The maximum atomic E-state index is 13.1. The highest BCUT2D eigenvalue weighted by Crippen LogP contribution is 2.41. The number of hydrogen-bond acceptors (Lipinski definition) is 11. The lowest BCUT2D eigenvalue weighted by atomic mass is 10.0. The first kappa shape index (κ1) is 28.4. The van der Waals surface area contributed by atoms with Crippen LogP contribution in [-0.4, -0.2) is 78.6 Å². The van der Waals surface area contributed by atoms with Gasteiger partial charge in [-0.2, -0.15) is 0 Å². The highest BCUT2D eigenvalue weighted by Gasteiger charge is 2.54. The quantitative estimate of drug-likeness (QED) is 0.0946. The van der Waals surface area contributed by atoms with Gasteiger partial charge in [-0.3, -0.25) is 14.5 Å². The molecular weight excluding hydrogens is 568 g/mol. The molecule has 4 rings (SSSR count). The number of fused-ring (bicyclic) bond motifs is 1. The number of pyridine rings is 1. The van der Waals surface area contributed by atoms with Gasteiger partial charge in [0.1, 0.15) is 29.4 Å². The summed E-state index contributed by atoms with van der Waals surface area (Å²) in [6.07, 6.45) is 2.54. The van der Waals surface area contributed by atoms with Crippen LogP contribution in [0.15, 0.2) is 51.2 Å². The maximum absolute atomic E-state index is 13.1. The number of carbonyl (C=O) groups is 4. The lowest BCUT2D eigenvalue weighted by molar-refractivity contribution is -0.693. The summed E-state index contributed by atoms with van der Waals surface area (Å²) in [5.41, 5.74) is 5.87. The van der Waals surface area contributed by atoms with Crippen molar-refractivity contribution in [3.05, 3.63) is 46.9 Å². The van der Waals surface area contributed by atoms with Gasteiger partial charge in [-0.1, -0.05) is 5.16 Å². The van der Waals surface area contributed by atoms with Crippen molar-refractivity contribution in [3.8, 4) is 0 Å². The second kappa shape index (κ2) is 12.0. The number of nitrogens with zero attached hydrogens (tertiary/aromatic N) is 4. The van der Waals surface area contributed by atoms with Gasteiger partial charge in [0.2, 0.25) is 6.10 Å². The van der Waals surface area contributed by atoms with Gasteiger partial charge in [0.25, 0.3) is 11.8 Å². The zero-order chi connectivity index (χ0) is 28.3. The van der Waals surface area contributed by atoms with Crippen LogP contribution in [0, 0.1) is 0 Å². The number of thioether (sulfide) groups is 2. The van der Waals surface area contributed by atoms with Gasteiger partial charge < -0.3 is 26.1 Å². The van der Waals surface area contributed by atoms with Crippen molar-refractivity contribution in [3.63, 3.8) is 0 Å². The Kier molecular flexibility index (Phi) is 8.76. The van der Waals surface area contributed by atoms with E-state index in [1.807, 2.05) is 36.0 Å². The van der Waals surface area contributed by atoms with E-state index in [4.69, 9.17) is 15.7 Å². The summed E-state index contributed by atoms with van der Waals surface area (Å²) < 4.78 is 2.01. The fraction of sp³-hybridized carbons (Fsp3) is 0.348. The summed E-state index contributed by atoms with van der Waals surface area (Å²) in [5.74, 6) is -3.19. The van der Waals surface area contributed by atoms with Crippen LogP contribution in [0.5, 0.6) is 0 Å². The highest BCUT2D eigenvalue weighted by atomic mass is 32.2. The number of carboxylic acid groups (broad SMARTS) is 2. The first-order chi connectivity index (χ1) is 18.6. The fourth-order valence-electron chi connectivity index (χ4n) is 3.70. The number of nitrogens with two attached hydrogens (primary N) is 1. The van der Waals surface area contributed by atoms with Crippen LogP contribution in [-0.2, 0) is 30.6 Å². The summed E-state index contributed by atoms with van der Waals surface area (Å²) in [5, 5.41) is 26.1. The number of thiazole rings is 1. The van der Waals surface area contributed by atoms with E-state index in [-0.39, 0.29) is 22.2 Å². The number of β-lactam (4-membered cyclic amide) rings is 1. The molecule has 0 aliphatic carbocycles. The van der Waals surface area contributed by atoms with Crippen molar-refractivity contribution >= 4 is 69.5 Å². The number of hydrogen-bond donors (Lipinski definition) is 4. The van der Waals surface area contributed by atoms with Crippen LogP contribution in [0.2, 0.25) is 0 Å². The van der Waals surface area contributed by atoms with Crippen molar-refractivity contribution in [2.45, 2.75) is 42.8 Å². The molecule has 16 heteroatoms. The molecule has 0 bridgehead atoms. The first-order valence-corrected chi connectivity index (χ1v) is 14.5. The smallest absolute Gasteiger partial charge is 0.352 e. The van der Waals surface area contributed by atoms with Gasteiger partial charge in [-0.15, -0.1) is 34.9 Å². The molecule has 1 saturated heterocycles. The molecule has 4 heterocycles. The standard InChI is InChI=1S/C23H24N6O7S3/c1-3-28-6-4-13(5-7-28)37-8-12-9-38-20-16(19(31)29(20)17(12)22(34)35)26-18(30)15(14-10-39-23(24)25-14)27-36-11(2)21(32)33/h4-7,10-11,16,20H,3,8-9H2,1-2H3,(H4-,24,25,26,30,32,33,34,35)/p+1/b27-15+/t11-,16+,20+/m0/s1. The van der Waals surface area contributed by atoms with Crippen molar-refractivity contribution < 1.29 is 38.8 Å². The van der Waals surface area contributed by atoms with E-state index in [1.54, 1.807) is 0 Å². The van der Waals surface area contributed by atoms with Crippen molar-refractivity contribution in [2.75, 3.05) is 17.2 Å². The summed E-state index contributed by atoms with van der Waals surface area (Å²) >= 11 is 3.85. The molecule has 2 aliphatic rings. The number of amides is 2. The minimum Gasteiger partial charge on any atom is -0.478 e. The number of anilines is 1. The zero-order valence-corrected chi connectivity index (χ0v) is 23.2. The highest BCUT2D eigenvalue weighted by molar-refractivity contribution is 8.01. The SMILES string of the molecule is CC[n+]1ccc(SCC2=C(C(=O)O)N3C(=O)[C@@H](NC(=O)/C(=N/O[C@@H](C)C(=O)O)c4csc(N)n4)[C@H]3SC2)cc1. The van der Waals surface area contributed by atoms with E-state index in [2.05, 4.69) is 15.5 Å². The second-order valence-electron chi connectivity index (χ2n) is 8.37. The van der Waals surface area contributed by atoms with Crippen molar-refractivity contribution in [1.82, 2.24) is 15.2 Å². The molecule has 0 unspecified atom stereocenters. The van der Waals surface area contributed by atoms with Crippen molar-refractivity contribution in [2.24, 2.45) is 5.16 Å². The van der Waals surface area contributed by atoms with E-state index in [1.165, 1.54) is 40.7 Å². The Morgan fingerprint density at radius 1 is 1.36 bits per heavy atom. The largest absolute Gasteiger partial charge is 0.478 e. The number of carboxylic acids is 2. The van der Waals surface area contributed by atoms with Gasteiger partial charge in [0.05, 0.1) is 0 Å². The third kappa shape index (κ3) is 6.17. The molecule has 2 amide bonds. The number of oxime groups is 1. The number of nitrogens with one attached hydrogen (secondary N) is 1. The monoisotopic (exact) mass is 593 g/mol. The lowest BCUT2D eigenvalue weighted by Gasteiger charge is -2.49. The molecule has 2 aromatic rings. The number of aryl methyl sites for hydroxylation is 1. The number of nitrogen functional groups attached to an aromatic ring is 1. The van der Waals surface area contributed by atoms with E-state index < -0.39 is 41.3 Å². The molecule has 5 N–H and O–H groups in total. The van der Waals surface area contributed by atoms with Crippen LogP contribution >= 0.6 is 34.9 Å². The third-order valence-electron chi connectivity index (χ3n) is 5.80. The molecule has 2 aromatic heterocycles. The third-order valence-corrected chi connectivity index (χ3v) is 8.92. The Bertz CT molecular complexity index is 1360. The average Bonchev–Trinajstić information content (AvgIpc) is 3.35. The molecule has 39 heavy (non-hydrogen) atoms. The number of aromatic nitrogens is 2. The van der Waals surface area contributed by atoms with Crippen LogP contribution in [0.25, 0.3) is 0 Å². The van der Waals surface area contributed by atoms with Gasteiger partial charge in [0.15, 0.2) is 23.2 Å². The Morgan fingerprint density at radius 2 is 2.08 bits per heavy atom. The first-order valence-electron chi connectivity index (χ1n) is 11.6. The van der Waals surface area contributed by atoms with Gasteiger partial charge in [-0.05, 0) is 19.4 Å². The van der Waals surface area contributed by atoms with E-state index in [9.17, 15) is 24.3 Å². The summed E-state index contributed by atoms with van der Waals surface area (Å²) in [4.78, 5) is 60.5. The summed E-state index contributed by atoms with van der Waals surface area (Å²) in [7, 11) is 0. The number of aliphatic carboxylic acids is 2. The lowest BCUT2D eigenvalue weighted by Crippen LogP contribution is -2.71. The molecule has 1 fully saturated rings. The van der Waals surface area contributed by atoms with Crippen LogP contribution in [0.4, 0.5) is 5.13 Å². The molecule has 0 aromatic carbocycles. The van der Waals surface area contributed by atoms with Gasteiger partial charge in [0, 0.05) is 33.9 Å². The second-order valence-corrected chi connectivity index (χ2v) is 11.4. The topological polar surface area (TPSA) is 188 Å². The van der Waals surface area contributed by atoms with Gasteiger partial charge in [-0.25, -0.2) is 19.1 Å². The predicted molar refractivity (Wildman–Crippen MR) is 144 cm³/mol. The maximum Gasteiger partial charge on any atom is 0.352 e. The van der Waals surface area contributed by atoms with E-state index >= 15 is 0 Å². The average molecular weight is 594 g/mol. The van der Waals surface area contributed by atoms with E-state index in [0.29, 0.717) is 17.1 Å². The van der Waals surface area contributed by atoms with Crippen LogP contribution in [0.3, 0.4) is 0 Å². The Labute approximate surface area is 235 Å². The predicted octanol–water partition coefficient (Wildman–Crippen LogP) is 0.757. The molecule has 13 nitrogen and oxygen atoms in total. The molecule has 0 saturated carbocycles. The zero-order valence-electron chi connectivity index (χ0n) is 20.8. The summed E-state index contributed by atoms with van der Waals surface area (Å²) in [6.45, 7) is 4.10. The molecule has 3 atom stereocenters. The van der Waals surface area contributed by atoms with E-state index in [0.717, 1.165) is 22.8 Å². The Morgan fingerprint density at radius 3 is 2.67 bits per heavy atom. The number of carbonyl (C=O) groups excluding carboxylic acids is 2. The Balaban J connectivity index is 1.49. The molecule has 206 valence electrons. The Hall–Kier alpha value is -3.63. The van der Waals surface area contributed by atoms with Crippen LogP contribution < -0.4 is 15.6 Å². The fourth-order valence-corrected chi connectivity index (χ4v) is 6.62.